The minimum atomic E-state index is -3.99. The quantitative estimate of drug-likeness (QED) is 0.131. The summed E-state index contributed by atoms with van der Waals surface area (Å²) < 4.78 is 38.0. The Labute approximate surface area is 527 Å². The number of nitrogens with zero attached hydrogens (tertiary/aromatic N) is 7. The van der Waals surface area contributed by atoms with Gasteiger partial charge < -0.3 is 43.9 Å². The van der Waals surface area contributed by atoms with Gasteiger partial charge >= 0.3 is 28.3 Å². The normalized spacial score (nSPS) is 17.6. The number of benzene rings is 4. The fourth-order valence-corrected chi connectivity index (χ4v) is 14.4. The second-order valence-electron chi connectivity index (χ2n) is 27.1. The smallest absolute Gasteiger partial charge is 0.410 e. The maximum absolute atomic E-state index is 14.2. The number of aromatic nitrogens is 2. The van der Waals surface area contributed by atoms with Gasteiger partial charge in [-0.3, -0.25) is 14.4 Å². The molecule has 2 aromatic heterocycles. The average molecular weight is 1240 g/mol. The number of carbonyl (C=O) groups excluding carboxylic acids is 5. The number of amides is 6. The van der Waals surface area contributed by atoms with Crippen LogP contribution in [-0.2, 0) is 37.6 Å². The second-order valence-corrected chi connectivity index (χ2v) is 29.0. The van der Waals surface area contributed by atoms with E-state index in [-0.39, 0.29) is 47.1 Å². The van der Waals surface area contributed by atoms with E-state index in [0.717, 1.165) is 98.3 Å². The molecule has 2 saturated carbocycles. The van der Waals surface area contributed by atoms with Gasteiger partial charge in [0.15, 0.2) is 0 Å². The van der Waals surface area contributed by atoms with Crippen LogP contribution in [-0.4, -0.2) is 160 Å². The molecule has 0 bridgehead atoms. The Hall–Kier alpha value is -8.23. The highest BCUT2D eigenvalue weighted by Gasteiger charge is 2.36. The molecule has 0 radical (unpaired) electrons. The fourth-order valence-electron chi connectivity index (χ4n) is 13.9. The van der Waals surface area contributed by atoms with Gasteiger partial charge in [0.05, 0.1) is 30.0 Å². The zero-order valence-electron chi connectivity index (χ0n) is 53.2. The van der Waals surface area contributed by atoms with Crippen LogP contribution in [0.15, 0.2) is 96.1 Å². The summed E-state index contributed by atoms with van der Waals surface area (Å²) in [6.07, 6.45) is 15.0. The molecule has 4 aliphatic heterocycles. The molecule has 3 N–H and O–H groups in total. The number of aromatic carboxylic acids is 1. The average Bonchev–Trinajstić information content (AvgIpc) is 1.61. The zero-order valence-corrected chi connectivity index (χ0v) is 54.0. The number of hydrogen-bond acceptors (Lipinski definition) is 9. The third-order valence-electron chi connectivity index (χ3n) is 18.3. The standard InChI is InChI=1S/C36H45N5O6S.C34H40N4O4/c1-36(2,3)47-35(44)40-19-17-39(18-20-40)34(43)27-21-25-13-9-10-14-28(25)32-31(24-11-7-6-8-12-24)29-16-15-26(22-30(29)41(32)23-27)33(42)37-48(45,46)38(4)5;1-34(2,3)35-33(42)37-17-15-36(16-18-37)31(39)25-19-23-11-7-8-12-26(23)30-29(22-9-5-4-6-10-22)27-14-13-24(32(40)41)20-28(27)38(30)21-25/h9-10,13-16,21-22,24H,6-8,11-12,17-20,23H2,1-5H3,(H,37,42);7-8,11-14,19-20,22H,4-6,9-10,15-18,21H2,1-3H3,(H,35,42)(H,40,41). The molecule has 0 atom stereocenters. The molecule has 6 amide bonds. The summed E-state index contributed by atoms with van der Waals surface area (Å²) >= 11 is 0. The lowest BCUT2D eigenvalue weighted by Crippen LogP contribution is -2.56. The minimum absolute atomic E-state index is 0.0380. The number of carboxylic acid groups (broad SMARTS) is 1. The Morgan fingerprint density at radius 3 is 1.41 bits per heavy atom. The van der Waals surface area contributed by atoms with Crippen LogP contribution in [0.1, 0.15) is 161 Å². The van der Waals surface area contributed by atoms with Gasteiger partial charge in [0, 0.05) is 122 Å². The number of fused-ring (bicyclic) bond motifs is 10. The Balaban J connectivity index is 0.000000187. The van der Waals surface area contributed by atoms with E-state index in [1.165, 1.54) is 50.9 Å². The molecule has 20 heteroatoms. The van der Waals surface area contributed by atoms with Crippen LogP contribution in [0.2, 0.25) is 0 Å². The zero-order chi connectivity index (χ0) is 64.0. The molecule has 4 fully saturated rings. The Morgan fingerprint density at radius 1 is 0.556 bits per heavy atom. The van der Waals surface area contributed by atoms with Gasteiger partial charge in [-0.05, 0) is 138 Å². The summed E-state index contributed by atoms with van der Waals surface area (Å²) in [6.45, 7) is 15.4. The van der Waals surface area contributed by atoms with Gasteiger partial charge in [-0.25, -0.2) is 19.1 Å². The van der Waals surface area contributed by atoms with E-state index >= 15 is 0 Å². The minimum Gasteiger partial charge on any atom is -0.478 e. The van der Waals surface area contributed by atoms with Crippen LogP contribution in [0.5, 0.6) is 0 Å². The van der Waals surface area contributed by atoms with E-state index in [4.69, 9.17) is 4.74 Å². The summed E-state index contributed by atoms with van der Waals surface area (Å²) in [4.78, 5) is 86.0. The highest BCUT2D eigenvalue weighted by Crippen LogP contribution is 2.49. The van der Waals surface area contributed by atoms with Gasteiger partial charge in [0.1, 0.15) is 5.60 Å². The molecule has 6 aliphatic rings. The first-order valence-electron chi connectivity index (χ1n) is 31.9. The van der Waals surface area contributed by atoms with Crippen LogP contribution in [0, 0.1) is 0 Å². The Kier molecular flexibility index (Phi) is 18.0. The SMILES string of the molecule is CC(C)(C)NC(=O)N1CCN(C(=O)C2=Cc3ccccc3-c3c(C4CCCCC4)c4ccc(C(=O)O)cc4n3C2)CC1.CN(C)S(=O)(=O)NC(=O)c1ccc2c(C3CCCCC3)c3n(c2c1)CC(C(=O)N1CCN(C(=O)OC(C)(C)C)CC1)=Cc1ccccc1-3. The van der Waals surface area contributed by atoms with Crippen LogP contribution in [0.4, 0.5) is 9.59 Å². The first kappa shape index (κ1) is 63.3. The van der Waals surface area contributed by atoms with Crippen molar-refractivity contribution in [3.63, 3.8) is 0 Å². The maximum Gasteiger partial charge on any atom is 0.410 e. The Morgan fingerprint density at radius 2 is 0.978 bits per heavy atom. The number of carboxylic acids is 1. The lowest BCUT2D eigenvalue weighted by molar-refractivity contribution is -0.129. The molecule has 19 nitrogen and oxygen atoms in total. The third-order valence-corrected chi connectivity index (χ3v) is 19.7. The van der Waals surface area contributed by atoms with Crippen molar-refractivity contribution >= 4 is 80.0 Å². The van der Waals surface area contributed by atoms with Gasteiger partial charge in [-0.1, -0.05) is 99.2 Å². The van der Waals surface area contributed by atoms with Crippen molar-refractivity contribution in [1.82, 2.24) is 43.1 Å². The molecular formula is C70H85N9O10S. The van der Waals surface area contributed by atoms with E-state index in [9.17, 15) is 42.3 Å². The lowest BCUT2D eigenvalue weighted by atomic mass is 9.81. The van der Waals surface area contributed by atoms with Crippen molar-refractivity contribution in [3.8, 4) is 22.5 Å². The van der Waals surface area contributed by atoms with Crippen molar-refractivity contribution in [3.05, 3.63) is 129 Å². The number of carbonyl (C=O) groups is 6. The molecule has 4 aromatic carbocycles. The number of rotatable bonds is 8. The first-order valence-corrected chi connectivity index (χ1v) is 33.3. The van der Waals surface area contributed by atoms with Crippen LogP contribution in [0.3, 0.4) is 0 Å². The monoisotopic (exact) mass is 1240 g/mol. The number of ether oxygens (including phenoxy) is 1. The summed E-state index contributed by atoms with van der Waals surface area (Å²) in [5.74, 6) is -1.11. The molecule has 2 aliphatic carbocycles. The number of piperazine rings is 2. The number of nitrogens with one attached hydrogen (secondary N) is 2. The summed E-state index contributed by atoms with van der Waals surface area (Å²) in [5, 5.41) is 14.9. The molecule has 2 saturated heterocycles. The van der Waals surface area contributed by atoms with E-state index < -0.39 is 27.7 Å². The van der Waals surface area contributed by atoms with Gasteiger partial charge in [-0.2, -0.15) is 12.7 Å². The van der Waals surface area contributed by atoms with Gasteiger partial charge in [0.25, 0.3) is 17.7 Å². The highest BCUT2D eigenvalue weighted by atomic mass is 32.2. The number of urea groups is 1. The van der Waals surface area contributed by atoms with E-state index in [0.29, 0.717) is 81.9 Å². The summed E-state index contributed by atoms with van der Waals surface area (Å²) in [5.41, 5.74) is 11.2. The third kappa shape index (κ3) is 13.3. The van der Waals surface area contributed by atoms with Crippen LogP contribution in [0.25, 0.3) is 56.5 Å². The highest BCUT2D eigenvalue weighted by molar-refractivity contribution is 7.87. The summed E-state index contributed by atoms with van der Waals surface area (Å²) in [6, 6.07) is 27.1. The predicted molar refractivity (Wildman–Crippen MR) is 350 cm³/mol. The molecular weight excluding hydrogens is 1160 g/mol. The van der Waals surface area contributed by atoms with Crippen molar-refractivity contribution in [2.75, 3.05) is 66.5 Å². The molecule has 90 heavy (non-hydrogen) atoms. The number of hydrogen-bond donors (Lipinski definition) is 3. The predicted octanol–water partition coefficient (Wildman–Crippen LogP) is 11.5. The van der Waals surface area contributed by atoms with Crippen molar-refractivity contribution in [2.45, 2.75) is 142 Å². The van der Waals surface area contributed by atoms with Crippen molar-refractivity contribution < 1.29 is 47.0 Å². The molecule has 6 heterocycles. The van der Waals surface area contributed by atoms with Crippen LogP contribution < -0.4 is 10.0 Å². The molecule has 12 rings (SSSR count). The van der Waals surface area contributed by atoms with Gasteiger partial charge in [0.2, 0.25) is 0 Å². The molecule has 6 aromatic rings. The van der Waals surface area contributed by atoms with Gasteiger partial charge in [-0.15, -0.1) is 0 Å². The van der Waals surface area contributed by atoms with E-state index in [1.54, 1.807) is 39.0 Å². The summed E-state index contributed by atoms with van der Waals surface area (Å²) in [7, 11) is -1.26. The second kappa shape index (κ2) is 25.6. The lowest BCUT2D eigenvalue weighted by Gasteiger charge is -2.36. The fraction of sp³-hybridized carbons (Fsp3) is 0.457. The van der Waals surface area contributed by atoms with E-state index in [1.807, 2.05) is 101 Å². The first-order chi connectivity index (χ1) is 42.8. The van der Waals surface area contributed by atoms with Crippen LogP contribution >= 0.6 is 0 Å². The van der Waals surface area contributed by atoms with Crippen molar-refractivity contribution in [2.24, 2.45) is 0 Å². The maximum atomic E-state index is 14.2. The molecule has 476 valence electrons. The van der Waals surface area contributed by atoms with Crippen molar-refractivity contribution in [1.29, 1.82) is 0 Å². The molecule has 0 spiro atoms. The topological polar surface area (TPSA) is 216 Å². The largest absolute Gasteiger partial charge is 0.478 e. The molecule has 0 unspecified atom stereocenters. The Bertz CT molecular complexity index is 3980. The van der Waals surface area contributed by atoms with E-state index in [2.05, 4.69) is 37.4 Å².